The highest BCUT2D eigenvalue weighted by atomic mass is 16.1. The van der Waals surface area contributed by atoms with Gasteiger partial charge in [-0.05, 0) is 61.5 Å². The Balaban J connectivity index is 1.26. The number of primary amides is 1. The van der Waals surface area contributed by atoms with Gasteiger partial charge in [-0.3, -0.25) is 4.79 Å². The van der Waals surface area contributed by atoms with Gasteiger partial charge in [-0.25, -0.2) is 9.97 Å². The van der Waals surface area contributed by atoms with Crippen LogP contribution in [0.4, 0.5) is 0 Å². The number of aromatic nitrogens is 4. The Hall–Kier alpha value is -3.75. The van der Waals surface area contributed by atoms with E-state index in [2.05, 4.69) is 30.6 Å². The number of carbonyl (C=O) groups excluding carboxylic acids is 1. The van der Waals surface area contributed by atoms with Crippen LogP contribution >= 0.6 is 0 Å². The molecule has 0 spiro atoms. The van der Waals surface area contributed by atoms with Gasteiger partial charge in [0.05, 0.1) is 35.9 Å². The first-order valence-corrected chi connectivity index (χ1v) is 12.3. The summed E-state index contributed by atoms with van der Waals surface area (Å²) in [5, 5.41) is 6.92. The molecule has 2 aliphatic heterocycles. The minimum atomic E-state index is -0.453. The van der Waals surface area contributed by atoms with Gasteiger partial charge in [0.1, 0.15) is 11.6 Å². The summed E-state index contributed by atoms with van der Waals surface area (Å²) in [5.74, 6) is 1.47. The summed E-state index contributed by atoms with van der Waals surface area (Å²) in [6, 6.07) is 14.5. The van der Waals surface area contributed by atoms with E-state index >= 15 is 0 Å². The molecular formula is C27H29N7O. The monoisotopic (exact) mass is 467 g/mol. The van der Waals surface area contributed by atoms with Crippen molar-refractivity contribution in [2.45, 2.75) is 37.8 Å². The molecule has 2 aromatic carbocycles. The standard InChI is InChI=1S/C27H29N7O/c28-25(35)20-13-18(24-15-32-27(34-24)22-4-2-12-30-22)9-10-19(20)16-5-7-17(8-6-16)23-14-31-26(33-23)21-3-1-11-29-21/h5-10,13-15,21-22,29-30H,1-4,11-12H2,(H2,28,35)(H,31,33)(H,32,34)/t21-,22-/m0/s1. The van der Waals surface area contributed by atoms with Gasteiger partial charge in [0.15, 0.2) is 0 Å². The number of benzene rings is 2. The zero-order valence-electron chi connectivity index (χ0n) is 19.5. The molecule has 8 nitrogen and oxygen atoms in total. The summed E-state index contributed by atoms with van der Waals surface area (Å²) >= 11 is 0. The van der Waals surface area contributed by atoms with E-state index < -0.39 is 5.91 Å². The number of rotatable bonds is 6. The third kappa shape index (κ3) is 4.26. The molecule has 178 valence electrons. The van der Waals surface area contributed by atoms with E-state index in [0.717, 1.165) is 77.6 Å². The molecule has 35 heavy (non-hydrogen) atoms. The second-order valence-electron chi connectivity index (χ2n) is 9.36. The Bertz CT molecular complexity index is 1340. The van der Waals surface area contributed by atoms with Crippen LogP contribution in [0.5, 0.6) is 0 Å². The lowest BCUT2D eigenvalue weighted by molar-refractivity contribution is 0.100. The van der Waals surface area contributed by atoms with Crippen molar-refractivity contribution >= 4 is 5.91 Å². The predicted molar refractivity (Wildman–Crippen MR) is 136 cm³/mol. The summed E-state index contributed by atoms with van der Waals surface area (Å²) in [6.45, 7) is 2.05. The highest BCUT2D eigenvalue weighted by Crippen LogP contribution is 2.31. The number of imidazole rings is 2. The smallest absolute Gasteiger partial charge is 0.249 e. The first kappa shape index (κ1) is 21.8. The Labute approximate surface area is 203 Å². The number of amides is 1. The molecule has 2 atom stereocenters. The maximum absolute atomic E-state index is 12.4. The van der Waals surface area contributed by atoms with Crippen molar-refractivity contribution in [1.29, 1.82) is 0 Å². The molecule has 1 amide bonds. The first-order valence-electron chi connectivity index (χ1n) is 12.3. The Kier molecular flexibility index (Phi) is 5.67. The molecule has 2 aliphatic rings. The number of nitrogens with zero attached hydrogens (tertiary/aromatic N) is 2. The van der Waals surface area contributed by atoms with Crippen molar-refractivity contribution in [2.75, 3.05) is 13.1 Å². The number of hydrogen-bond acceptors (Lipinski definition) is 5. The zero-order chi connectivity index (χ0) is 23.8. The molecule has 0 bridgehead atoms. The fraction of sp³-hybridized carbons (Fsp3) is 0.296. The number of nitrogens with two attached hydrogens (primary N) is 1. The Morgan fingerprint density at radius 2 is 1.31 bits per heavy atom. The normalized spacial score (nSPS) is 19.9. The molecule has 6 N–H and O–H groups in total. The summed E-state index contributed by atoms with van der Waals surface area (Å²) in [7, 11) is 0. The van der Waals surface area contributed by atoms with Crippen molar-refractivity contribution in [3.8, 4) is 33.6 Å². The molecule has 6 rings (SSSR count). The Morgan fingerprint density at radius 3 is 1.86 bits per heavy atom. The van der Waals surface area contributed by atoms with Gasteiger partial charge >= 0.3 is 0 Å². The van der Waals surface area contributed by atoms with E-state index in [1.165, 1.54) is 6.42 Å². The number of hydrogen-bond donors (Lipinski definition) is 5. The topological polar surface area (TPSA) is 125 Å². The van der Waals surface area contributed by atoms with E-state index in [0.29, 0.717) is 11.6 Å². The summed E-state index contributed by atoms with van der Waals surface area (Å²) < 4.78 is 0. The minimum absolute atomic E-state index is 0.262. The third-order valence-corrected chi connectivity index (χ3v) is 7.07. The second-order valence-corrected chi connectivity index (χ2v) is 9.36. The van der Waals surface area contributed by atoms with E-state index in [4.69, 9.17) is 5.73 Å². The molecule has 0 radical (unpaired) electrons. The van der Waals surface area contributed by atoms with Gasteiger partial charge in [-0.2, -0.15) is 0 Å². The van der Waals surface area contributed by atoms with Crippen LogP contribution in [0.3, 0.4) is 0 Å². The van der Waals surface area contributed by atoms with Gasteiger partial charge < -0.3 is 26.3 Å². The van der Waals surface area contributed by atoms with Crippen molar-refractivity contribution < 1.29 is 4.79 Å². The molecule has 0 unspecified atom stereocenters. The third-order valence-electron chi connectivity index (χ3n) is 7.07. The fourth-order valence-corrected chi connectivity index (χ4v) is 5.15. The average molecular weight is 468 g/mol. The van der Waals surface area contributed by atoms with Gasteiger partial charge in [0.2, 0.25) is 5.91 Å². The summed E-state index contributed by atoms with van der Waals surface area (Å²) in [4.78, 5) is 28.3. The fourth-order valence-electron chi connectivity index (χ4n) is 5.15. The van der Waals surface area contributed by atoms with Crippen molar-refractivity contribution in [3.63, 3.8) is 0 Å². The van der Waals surface area contributed by atoms with Crippen molar-refractivity contribution in [1.82, 2.24) is 30.6 Å². The SMILES string of the molecule is NC(=O)c1cc(-c2cnc([C@@H]3CCCN3)[nH]2)ccc1-c1ccc(-c2cnc([C@@H]3CCCN3)[nH]2)cc1. The van der Waals surface area contributed by atoms with Crippen LogP contribution in [0.25, 0.3) is 33.6 Å². The molecule has 8 heteroatoms. The number of carbonyl (C=O) groups is 1. The predicted octanol–water partition coefficient (Wildman–Crippen LogP) is 4.08. The molecule has 0 aliphatic carbocycles. The zero-order valence-corrected chi connectivity index (χ0v) is 19.5. The highest BCUT2D eigenvalue weighted by Gasteiger charge is 2.21. The van der Waals surface area contributed by atoms with Crippen LogP contribution in [0.15, 0.2) is 54.9 Å². The molecule has 4 heterocycles. The first-order chi connectivity index (χ1) is 17.2. The van der Waals surface area contributed by atoms with Crippen LogP contribution in [-0.4, -0.2) is 38.9 Å². The summed E-state index contributed by atoms with van der Waals surface area (Å²) in [6.07, 6.45) is 8.22. The highest BCUT2D eigenvalue weighted by molar-refractivity contribution is 6.01. The van der Waals surface area contributed by atoms with E-state index in [9.17, 15) is 4.79 Å². The maximum Gasteiger partial charge on any atom is 0.249 e. The molecule has 2 saturated heterocycles. The number of aromatic amines is 2. The largest absolute Gasteiger partial charge is 0.366 e. The van der Waals surface area contributed by atoms with Crippen LogP contribution in [0.2, 0.25) is 0 Å². The summed E-state index contributed by atoms with van der Waals surface area (Å²) in [5.41, 5.74) is 11.8. The lowest BCUT2D eigenvalue weighted by Crippen LogP contribution is -2.14. The number of nitrogens with one attached hydrogen (secondary N) is 4. The van der Waals surface area contributed by atoms with Gasteiger partial charge in [-0.1, -0.05) is 36.4 Å². The lowest BCUT2D eigenvalue weighted by atomic mass is 9.95. The van der Waals surface area contributed by atoms with Crippen molar-refractivity contribution in [3.05, 3.63) is 72.1 Å². The van der Waals surface area contributed by atoms with Gasteiger partial charge in [-0.15, -0.1) is 0 Å². The van der Waals surface area contributed by atoms with Crippen LogP contribution in [0.1, 0.15) is 59.8 Å². The molecule has 2 fully saturated rings. The average Bonchev–Trinajstić information content (AvgIpc) is 3.70. The Morgan fingerprint density at radius 1 is 0.771 bits per heavy atom. The van der Waals surface area contributed by atoms with E-state index in [-0.39, 0.29) is 6.04 Å². The maximum atomic E-state index is 12.4. The van der Waals surface area contributed by atoms with Crippen LogP contribution in [0, 0.1) is 0 Å². The van der Waals surface area contributed by atoms with Crippen LogP contribution < -0.4 is 16.4 Å². The quantitative estimate of drug-likeness (QED) is 0.292. The second kappa shape index (κ2) is 9.13. The van der Waals surface area contributed by atoms with Crippen LogP contribution in [-0.2, 0) is 0 Å². The molecule has 2 aromatic heterocycles. The van der Waals surface area contributed by atoms with E-state index in [1.54, 1.807) is 0 Å². The molecule has 4 aromatic rings. The van der Waals surface area contributed by atoms with Crippen molar-refractivity contribution in [2.24, 2.45) is 5.73 Å². The van der Waals surface area contributed by atoms with E-state index in [1.807, 2.05) is 54.9 Å². The molecule has 0 saturated carbocycles. The van der Waals surface area contributed by atoms with Gasteiger partial charge in [0.25, 0.3) is 0 Å². The number of H-pyrrole nitrogens is 2. The molecular weight excluding hydrogens is 438 g/mol. The van der Waals surface area contributed by atoms with Gasteiger partial charge in [0, 0.05) is 11.1 Å². The lowest BCUT2D eigenvalue weighted by Gasteiger charge is -2.10. The minimum Gasteiger partial charge on any atom is -0.366 e.